The van der Waals surface area contributed by atoms with Crippen molar-refractivity contribution in [3.05, 3.63) is 46.1 Å². The Labute approximate surface area is 148 Å². The second-order valence-electron chi connectivity index (χ2n) is 6.60. The molecule has 26 heavy (non-hydrogen) atoms. The van der Waals surface area contributed by atoms with Gasteiger partial charge < -0.3 is 25.8 Å². The molecule has 3 heterocycles. The van der Waals surface area contributed by atoms with E-state index < -0.39 is 5.41 Å². The SMILES string of the molecule is CNC(=O)C1(C)C(=O)Nc2cc3c(cc21)NC(c1cnc(=O)n(C)c1)N3. The Morgan fingerprint density at radius 2 is 1.92 bits per heavy atom. The Hall–Kier alpha value is -3.36. The molecule has 2 aromatic rings. The lowest BCUT2D eigenvalue weighted by molar-refractivity contribution is -0.133. The van der Waals surface area contributed by atoms with Crippen LogP contribution in [-0.4, -0.2) is 28.4 Å². The summed E-state index contributed by atoms with van der Waals surface area (Å²) in [5.74, 6) is -0.715. The molecule has 0 aliphatic carbocycles. The van der Waals surface area contributed by atoms with E-state index in [-0.39, 0.29) is 23.7 Å². The van der Waals surface area contributed by atoms with Crippen molar-refractivity contribution in [1.82, 2.24) is 14.9 Å². The van der Waals surface area contributed by atoms with E-state index in [9.17, 15) is 14.4 Å². The van der Waals surface area contributed by atoms with Crippen LogP contribution >= 0.6 is 0 Å². The predicted octanol–water partition coefficient (Wildman–Crippen LogP) is 0.272. The minimum absolute atomic E-state index is 0.270. The van der Waals surface area contributed by atoms with Crippen molar-refractivity contribution in [2.24, 2.45) is 7.05 Å². The van der Waals surface area contributed by atoms with Crippen molar-refractivity contribution in [1.29, 1.82) is 0 Å². The predicted molar refractivity (Wildman–Crippen MR) is 96.0 cm³/mol. The molecule has 134 valence electrons. The van der Waals surface area contributed by atoms with Crippen LogP contribution in [0.4, 0.5) is 17.1 Å². The van der Waals surface area contributed by atoms with Gasteiger partial charge in [0.2, 0.25) is 11.8 Å². The third kappa shape index (κ3) is 2.10. The number of aryl methyl sites for hydroxylation is 1. The maximum atomic E-state index is 12.4. The molecule has 2 aliphatic heterocycles. The lowest BCUT2D eigenvalue weighted by atomic mass is 9.82. The molecule has 9 nitrogen and oxygen atoms in total. The fraction of sp³-hybridized carbons (Fsp3) is 0.294. The average molecular weight is 354 g/mol. The van der Waals surface area contributed by atoms with Crippen LogP contribution in [0.3, 0.4) is 0 Å². The van der Waals surface area contributed by atoms with Crippen LogP contribution in [0.15, 0.2) is 29.3 Å². The second kappa shape index (κ2) is 5.32. The lowest BCUT2D eigenvalue weighted by Gasteiger charge is -2.20. The van der Waals surface area contributed by atoms with Gasteiger partial charge in [0, 0.05) is 43.3 Å². The zero-order chi connectivity index (χ0) is 18.6. The van der Waals surface area contributed by atoms with E-state index in [4.69, 9.17) is 0 Å². The molecule has 0 saturated heterocycles. The van der Waals surface area contributed by atoms with Crippen molar-refractivity contribution >= 4 is 28.9 Å². The highest BCUT2D eigenvalue weighted by Crippen LogP contribution is 2.45. The van der Waals surface area contributed by atoms with Crippen LogP contribution in [0.1, 0.15) is 24.2 Å². The number of rotatable bonds is 2. The summed E-state index contributed by atoms with van der Waals surface area (Å²) < 4.78 is 1.41. The number of likely N-dealkylation sites (N-methyl/N-ethyl adjacent to an activating group) is 1. The van der Waals surface area contributed by atoms with Gasteiger partial charge in [0.15, 0.2) is 5.41 Å². The molecule has 2 unspecified atom stereocenters. The van der Waals surface area contributed by atoms with Gasteiger partial charge in [0.25, 0.3) is 0 Å². The van der Waals surface area contributed by atoms with Gasteiger partial charge in [-0.25, -0.2) is 9.78 Å². The van der Waals surface area contributed by atoms with Crippen molar-refractivity contribution in [2.75, 3.05) is 23.0 Å². The number of fused-ring (bicyclic) bond motifs is 2. The maximum Gasteiger partial charge on any atom is 0.347 e. The first-order chi connectivity index (χ1) is 12.3. The monoisotopic (exact) mass is 354 g/mol. The highest BCUT2D eigenvalue weighted by atomic mass is 16.2. The van der Waals surface area contributed by atoms with Gasteiger partial charge in [0.05, 0.1) is 11.4 Å². The van der Waals surface area contributed by atoms with Gasteiger partial charge in [-0.05, 0) is 19.1 Å². The fourth-order valence-corrected chi connectivity index (χ4v) is 3.40. The number of nitrogens with zero attached hydrogens (tertiary/aromatic N) is 2. The molecular weight excluding hydrogens is 336 g/mol. The summed E-state index contributed by atoms with van der Waals surface area (Å²) in [5.41, 5.74) is 1.98. The largest absolute Gasteiger partial charge is 0.360 e. The first-order valence-corrected chi connectivity index (χ1v) is 8.12. The van der Waals surface area contributed by atoms with Gasteiger partial charge in [-0.15, -0.1) is 0 Å². The molecule has 0 spiro atoms. The van der Waals surface area contributed by atoms with Crippen LogP contribution in [0.2, 0.25) is 0 Å². The number of carbonyl (C=O) groups is 2. The molecule has 9 heteroatoms. The summed E-state index contributed by atoms with van der Waals surface area (Å²) in [7, 11) is 3.15. The van der Waals surface area contributed by atoms with Crippen molar-refractivity contribution in [2.45, 2.75) is 18.5 Å². The van der Waals surface area contributed by atoms with Crippen LogP contribution in [-0.2, 0) is 22.1 Å². The van der Waals surface area contributed by atoms with E-state index in [1.54, 1.807) is 32.3 Å². The first kappa shape index (κ1) is 16.1. The minimum atomic E-state index is -1.28. The number of aromatic nitrogens is 2. The van der Waals surface area contributed by atoms with Gasteiger partial charge in [-0.1, -0.05) is 0 Å². The number of hydrogen-bond donors (Lipinski definition) is 4. The number of anilines is 3. The molecule has 1 aromatic heterocycles. The van der Waals surface area contributed by atoms with Gasteiger partial charge in [-0.3, -0.25) is 9.59 Å². The number of nitrogens with one attached hydrogen (secondary N) is 4. The van der Waals surface area contributed by atoms with Crippen molar-refractivity contribution in [3.8, 4) is 0 Å². The summed E-state index contributed by atoms with van der Waals surface area (Å²) >= 11 is 0. The second-order valence-corrected chi connectivity index (χ2v) is 6.60. The molecule has 0 bridgehead atoms. The van der Waals surface area contributed by atoms with Crippen LogP contribution in [0.5, 0.6) is 0 Å². The Balaban J connectivity index is 1.72. The van der Waals surface area contributed by atoms with Crippen molar-refractivity contribution < 1.29 is 9.59 Å². The summed E-state index contributed by atoms with van der Waals surface area (Å²) in [6.45, 7) is 1.61. The number of amides is 2. The van der Waals surface area contributed by atoms with Crippen LogP contribution in [0.25, 0.3) is 0 Å². The highest BCUT2D eigenvalue weighted by molar-refractivity contribution is 6.20. The summed E-state index contributed by atoms with van der Waals surface area (Å²) in [4.78, 5) is 40.0. The third-order valence-electron chi connectivity index (χ3n) is 4.98. The number of benzene rings is 1. The van der Waals surface area contributed by atoms with E-state index >= 15 is 0 Å². The fourth-order valence-electron chi connectivity index (χ4n) is 3.40. The lowest BCUT2D eigenvalue weighted by Crippen LogP contribution is -2.45. The molecule has 1 aromatic carbocycles. The molecule has 0 fully saturated rings. The third-order valence-corrected chi connectivity index (χ3v) is 4.98. The van der Waals surface area contributed by atoms with Gasteiger partial charge in [-0.2, -0.15) is 0 Å². The summed E-state index contributed by atoms with van der Waals surface area (Å²) in [5, 5.41) is 11.9. The zero-order valence-electron chi connectivity index (χ0n) is 14.5. The summed E-state index contributed by atoms with van der Waals surface area (Å²) in [6.07, 6.45) is 2.95. The standard InChI is InChI=1S/C17H18N6O3/c1-17(14(24)18-2)9-4-11-12(5-10(9)22-15(17)25)21-13(20-11)8-6-19-16(26)23(3)7-8/h4-7,13,20-21H,1-3H3,(H,18,24)(H,22,25). The number of hydrogen-bond acceptors (Lipinski definition) is 6. The van der Waals surface area contributed by atoms with E-state index in [2.05, 4.69) is 26.3 Å². The highest BCUT2D eigenvalue weighted by Gasteiger charge is 2.49. The quantitative estimate of drug-likeness (QED) is 0.575. The summed E-state index contributed by atoms with van der Waals surface area (Å²) in [6, 6.07) is 3.61. The van der Waals surface area contributed by atoms with E-state index in [1.807, 2.05) is 0 Å². The molecule has 4 rings (SSSR count). The number of carbonyl (C=O) groups excluding carboxylic acids is 2. The molecule has 0 saturated carbocycles. The normalized spacial score (nSPS) is 22.7. The maximum absolute atomic E-state index is 12.4. The average Bonchev–Trinajstić information content (AvgIpc) is 3.14. The molecule has 2 amide bonds. The Morgan fingerprint density at radius 3 is 2.58 bits per heavy atom. The van der Waals surface area contributed by atoms with Gasteiger partial charge >= 0.3 is 5.69 Å². The van der Waals surface area contributed by atoms with Crippen LogP contribution in [0, 0.1) is 0 Å². The molecule has 2 atom stereocenters. The molecule has 0 radical (unpaired) electrons. The molecular formula is C17H18N6O3. The Morgan fingerprint density at radius 1 is 1.23 bits per heavy atom. The van der Waals surface area contributed by atoms with E-state index in [0.717, 1.165) is 16.9 Å². The van der Waals surface area contributed by atoms with E-state index in [1.165, 1.54) is 17.8 Å². The van der Waals surface area contributed by atoms with E-state index in [0.29, 0.717) is 11.3 Å². The van der Waals surface area contributed by atoms with Crippen LogP contribution < -0.4 is 27.0 Å². The van der Waals surface area contributed by atoms with Gasteiger partial charge in [0.1, 0.15) is 6.17 Å². The molecule has 4 N–H and O–H groups in total. The molecule has 2 aliphatic rings. The van der Waals surface area contributed by atoms with Crippen molar-refractivity contribution in [3.63, 3.8) is 0 Å². The topological polar surface area (TPSA) is 117 Å². The minimum Gasteiger partial charge on any atom is -0.360 e. The zero-order valence-corrected chi connectivity index (χ0v) is 14.5. The Kier molecular flexibility index (Phi) is 3.30. The Bertz CT molecular complexity index is 1010. The smallest absolute Gasteiger partial charge is 0.347 e. The first-order valence-electron chi connectivity index (χ1n) is 8.12.